The maximum Gasteiger partial charge on any atom is 0.177 e. The number of ether oxygens (including phenoxy) is 2. The molecule has 0 bridgehead atoms. The molecule has 1 heterocycles. The second kappa shape index (κ2) is 3.50. The van der Waals surface area contributed by atoms with E-state index in [1.165, 1.54) is 0 Å². The van der Waals surface area contributed by atoms with Gasteiger partial charge in [-0.2, -0.15) is 0 Å². The molecule has 1 aliphatic heterocycles. The van der Waals surface area contributed by atoms with Crippen LogP contribution in [0, 0.1) is 11.3 Å². The van der Waals surface area contributed by atoms with Gasteiger partial charge in [0.1, 0.15) is 6.29 Å². The molecular weight excluding hydrogens is 220 g/mol. The summed E-state index contributed by atoms with van der Waals surface area (Å²) in [7, 11) is 0. The van der Waals surface area contributed by atoms with Crippen LogP contribution in [0.1, 0.15) is 26.2 Å². The Morgan fingerprint density at radius 3 is 2.76 bits per heavy atom. The van der Waals surface area contributed by atoms with E-state index >= 15 is 0 Å². The van der Waals surface area contributed by atoms with Gasteiger partial charge < -0.3 is 14.3 Å². The van der Waals surface area contributed by atoms with Crippen LogP contribution >= 0.6 is 0 Å². The lowest BCUT2D eigenvalue weighted by Gasteiger charge is -2.42. The quantitative estimate of drug-likeness (QED) is 0.508. The Morgan fingerprint density at radius 2 is 2.12 bits per heavy atom. The van der Waals surface area contributed by atoms with Gasteiger partial charge in [-0.1, -0.05) is 12.5 Å². The number of rotatable bonds is 1. The van der Waals surface area contributed by atoms with Crippen molar-refractivity contribution >= 4 is 12.1 Å². The van der Waals surface area contributed by atoms with E-state index in [2.05, 4.69) is 6.92 Å². The van der Waals surface area contributed by atoms with Crippen LogP contribution in [0.4, 0.5) is 0 Å². The minimum absolute atomic E-state index is 0.0671. The van der Waals surface area contributed by atoms with Crippen molar-refractivity contribution in [2.45, 2.75) is 32.0 Å². The van der Waals surface area contributed by atoms with E-state index in [0.717, 1.165) is 24.7 Å². The normalized spacial score (nSPS) is 39.2. The van der Waals surface area contributed by atoms with Crippen molar-refractivity contribution in [2.24, 2.45) is 11.3 Å². The van der Waals surface area contributed by atoms with Crippen molar-refractivity contribution in [3.05, 3.63) is 11.6 Å². The van der Waals surface area contributed by atoms with Crippen LogP contribution in [0.5, 0.6) is 0 Å². The first-order chi connectivity index (χ1) is 8.11. The number of carbonyl (C=O) groups excluding carboxylic acids is 2. The number of fused-ring (bicyclic) bond motifs is 2. The molecule has 0 aromatic heterocycles. The van der Waals surface area contributed by atoms with E-state index in [9.17, 15) is 9.59 Å². The molecule has 1 saturated carbocycles. The molecule has 1 spiro atoms. The average Bonchev–Trinajstić information content (AvgIpc) is 2.89. The second-order valence-corrected chi connectivity index (χ2v) is 5.30. The fraction of sp³-hybridized carbons (Fsp3) is 0.692. The van der Waals surface area contributed by atoms with Crippen LogP contribution in [0.2, 0.25) is 0 Å². The Hall–Kier alpha value is -1.00. The summed E-state index contributed by atoms with van der Waals surface area (Å²) in [5.41, 5.74) is 0.769. The highest BCUT2D eigenvalue weighted by Gasteiger charge is 2.61. The standard InChI is InChI=1S/C13H16O4/c1-12-7-9(8-14)11(15)6-10(12)2-3-13(12)16-4-5-17-13/h6,8-9H,2-5,7H2,1H3. The molecule has 2 aliphatic carbocycles. The van der Waals surface area contributed by atoms with Gasteiger partial charge in [0.2, 0.25) is 0 Å². The summed E-state index contributed by atoms with van der Waals surface area (Å²) in [4.78, 5) is 22.7. The number of ketones is 1. The van der Waals surface area contributed by atoms with Crippen molar-refractivity contribution < 1.29 is 19.1 Å². The summed E-state index contributed by atoms with van der Waals surface area (Å²) in [6, 6.07) is 0. The summed E-state index contributed by atoms with van der Waals surface area (Å²) < 4.78 is 11.6. The number of carbonyl (C=O) groups is 2. The molecule has 3 aliphatic rings. The smallest absolute Gasteiger partial charge is 0.177 e. The van der Waals surface area contributed by atoms with Gasteiger partial charge in [-0.05, 0) is 18.9 Å². The predicted octanol–water partition coefficient (Wildman–Crippen LogP) is 1.24. The summed E-state index contributed by atoms with van der Waals surface area (Å²) >= 11 is 0. The fourth-order valence-electron chi connectivity index (χ4n) is 3.47. The van der Waals surface area contributed by atoms with E-state index in [-0.39, 0.29) is 11.2 Å². The first-order valence-corrected chi connectivity index (χ1v) is 6.09. The Labute approximate surface area is 100.0 Å². The molecule has 0 radical (unpaired) electrons. The van der Waals surface area contributed by atoms with Crippen molar-refractivity contribution in [1.82, 2.24) is 0 Å². The van der Waals surface area contributed by atoms with Crippen LogP contribution in [0.3, 0.4) is 0 Å². The summed E-state index contributed by atoms with van der Waals surface area (Å²) in [5, 5.41) is 0. The Balaban J connectivity index is 2.04. The third-order valence-electron chi connectivity index (χ3n) is 4.50. The highest BCUT2D eigenvalue weighted by atomic mass is 16.7. The monoisotopic (exact) mass is 236 g/mol. The highest BCUT2D eigenvalue weighted by molar-refractivity contribution is 6.02. The molecule has 92 valence electrons. The molecular formula is C13H16O4. The number of aldehydes is 1. The molecule has 2 fully saturated rings. The lowest BCUT2D eigenvalue weighted by Crippen LogP contribution is -2.47. The van der Waals surface area contributed by atoms with E-state index in [4.69, 9.17) is 9.47 Å². The Kier molecular flexibility index (Phi) is 2.28. The molecule has 3 rings (SSSR count). The number of hydrogen-bond donors (Lipinski definition) is 0. The average molecular weight is 236 g/mol. The molecule has 2 unspecified atom stereocenters. The predicted molar refractivity (Wildman–Crippen MR) is 59.2 cm³/mol. The van der Waals surface area contributed by atoms with Crippen LogP contribution in [0.25, 0.3) is 0 Å². The van der Waals surface area contributed by atoms with Gasteiger partial charge in [0.25, 0.3) is 0 Å². The minimum atomic E-state index is -0.596. The van der Waals surface area contributed by atoms with Gasteiger partial charge in [0, 0.05) is 11.8 Å². The van der Waals surface area contributed by atoms with E-state index < -0.39 is 11.7 Å². The van der Waals surface area contributed by atoms with Gasteiger partial charge in [0.05, 0.1) is 19.1 Å². The zero-order valence-electron chi connectivity index (χ0n) is 9.90. The molecule has 0 N–H and O–H groups in total. The topological polar surface area (TPSA) is 52.6 Å². The third kappa shape index (κ3) is 1.31. The van der Waals surface area contributed by atoms with Gasteiger partial charge in [0.15, 0.2) is 11.6 Å². The maximum absolute atomic E-state index is 11.7. The fourth-order valence-corrected chi connectivity index (χ4v) is 3.47. The maximum atomic E-state index is 11.7. The molecule has 0 aromatic rings. The van der Waals surface area contributed by atoms with E-state index in [0.29, 0.717) is 19.6 Å². The first-order valence-electron chi connectivity index (χ1n) is 6.09. The molecule has 1 saturated heterocycles. The van der Waals surface area contributed by atoms with Gasteiger partial charge >= 0.3 is 0 Å². The summed E-state index contributed by atoms with van der Waals surface area (Å²) in [6.07, 6.45) is 4.52. The van der Waals surface area contributed by atoms with E-state index in [1.807, 2.05) is 0 Å². The largest absolute Gasteiger partial charge is 0.347 e. The van der Waals surface area contributed by atoms with Crippen molar-refractivity contribution in [2.75, 3.05) is 13.2 Å². The zero-order chi connectivity index (χ0) is 12.1. The minimum Gasteiger partial charge on any atom is -0.347 e. The summed E-state index contributed by atoms with van der Waals surface area (Å²) in [6.45, 7) is 3.26. The van der Waals surface area contributed by atoms with Crippen molar-refractivity contribution in [3.8, 4) is 0 Å². The van der Waals surface area contributed by atoms with Gasteiger partial charge in [-0.3, -0.25) is 4.79 Å². The van der Waals surface area contributed by atoms with Crippen LogP contribution < -0.4 is 0 Å². The molecule has 4 nitrogen and oxygen atoms in total. The van der Waals surface area contributed by atoms with Gasteiger partial charge in [-0.15, -0.1) is 0 Å². The van der Waals surface area contributed by atoms with E-state index in [1.54, 1.807) is 6.08 Å². The SMILES string of the molecule is CC12CC(C=O)C(=O)C=C1CCC21OCCO1. The Bertz CT molecular complexity index is 406. The highest BCUT2D eigenvalue weighted by Crippen LogP contribution is 2.58. The van der Waals surface area contributed by atoms with Crippen LogP contribution in [-0.4, -0.2) is 31.1 Å². The van der Waals surface area contributed by atoms with Gasteiger partial charge in [-0.25, -0.2) is 0 Å². The molecule has 0 aromatic carbocycles. The number of allylic oxidation sites excluding steroid dienone is 1. The molecule has 17 heavy (non-hydrogen) atoms. The molecule has 2 atom stereocenters. The first kappa shape index (κ1) is 11.1. The van der Waals surface area contributed by atoms with Crippen molar-refractivity contribution in [1.29, 1.82) is 0 Å². The zero-order valence-corrected chi connectivity index (χ0v) is 9.90. The van der Waals surface area contributed by atoms with Crippen LogP contribution in [0.15, 0.2) is 11.6 Å². The second-order valence-electron chi connectivity index (χ2n) is 5.30. The number of hydrogen-bond acceptors (Lipinski definition) is 4. The third-order valence-corrected chi connectivity index (χ3v) is 4.50. The Morgan fingerprint density at radius 1 is 1.41 bits per heavy atom. The lowest BCUT2D eigenvalue weighted by molar-refractivity contribution is -0.213. The molecule has 0 amide bonds. The summed E-state index contributed by atoms with van der Waals surface area (Å²) in [5.74, 6) is -1.20. The van der Waals surface area contributed by atoms with Crippen molar-refractivity contribution in [3.63, 3.8) is 0 Å². The molecule has 4 heteroatoms. The van der Waals surface area contributed by atoms with Crippen LogP contribution in [-0.2, 0) is 19.1 Å². The lowest BCUT2D eigenvalue weighted by atomic mass is 9.68.